The molecule has 1 aliphatic rings. The van der Waals surface area contributed by atoms with Gasteiger partial charge in [-0.05, 0) is 36.1 Å². The standard InChI is InChI=1S/C19H30N2O3/c1-15(2)14-24-18-6-4-17(5-7-18)19(22)20-12-16(3)13-21-8-10-23-11-9-21/h4-7,15-16H,8-14H2,1-3H3,(H,20,22). The highest BCUT2D eigenvalue weighted by atomic mass is 16.5. The summed E-state index contributed by atoms with van der Waals surface area (Å²) in [6, 6.07) is 7.35. The molecule has 1 fully saturated rings. The maximum atomic E-state index is 12.2. The number of nitrogens with zero attached hydrogens (tertiary/aromatic N) is 1. The summed E-state index contributed by atoms with van der Waals surface area (Å²) < 4.78 is 11.0. The van der Waals surface area contributed by atoms with Crippen molar-refractivity contribution in [1.29, 1.82) is 0 Å². The lowest BCUT2D eigenvalue weighted by Crippen LogP contribution is -2.41. The number of ether oxygens (including phenoxy) is 2. The topological polar surface area (TPSA) is 50.8 Å². The summed E-state index contributed by atoms with van der Waals surface area (Å²) in [6.07, 6.45) is 0. The van der Waals surface area contributed by atoms with Gasteiger partial charge in [0.15, 0.2) is 0 Å². The Balaban J connectivity index is 1.73. The number of carbonyl (C=O) groups is 1. The Morgan fingerprint density at radius 3 is 2.50 bits per heavy atom. The summed E-state index contributed by atoms with van der Waals surface area (Å²) in [5.74, 6) is 1.68. The van der Waals surface area contributed by atoms with Crippen molar-refractivity contribution in [2.45, 2.75) is 20.8 Å². The van der Waals surface area contributed by atoms with E-state index in [1.807, 2.05) is 24.3 Å². The van der Waals surface area contributed by atoms with Crippen LogP contribution in [-0.2, 0) is 4.74 Å². The second-order valence-electron chi connectivity index (χ2n) is 6.96. The lowest BCUT2D eigenvalue weighted by Gasteiger charge is -2.29. The number of morpholine rings is 1. The Hall–Kier alpha value is -1.59. The van der Waals surface area contributed by atoms with Gasteiger partial charge in [-0.1, -0.05) is 20.8 Å². The second-order valence-corrected chi connectivity index (χ2v) is 6.96. The van der Waals surface area contributed by atoms with Gasteiger partial charge in [-0.25, -0.2) is 0 Å². The molecule has 1 aromatic rings. The van der Waals surface area contributed by atoms with Crippen LogP contribution in [0, 0.1) is 11.8 Å². The van der Waals surface area contributed by atoms with Gasteiger partial charge in [-0.2, -0.15) is 0 Å². The summed E-state index contributed by atoms with van der Waals surface area (Å²) in [7, 11) is 0. The lowest BCUT2D eigenvalue weighted by molar-refractivity contribution is 0.0317. The predicted molar refractivity (Wildman–Crippen MR) is 95.5 cm³/mol. The van der Waals surface area contributed by atoms with Gasteiger partial charge in [0.25, 0.3) is 5.91 Å². The summed E-state index contributed by atoms with van der Waals surface area (Å²) in [6.45, 7) is 12.3. The van der Waals surface area contributed by atoms with Gasteiger partial charge < -0.3 is 14.8 Å². The molecule has 1 N–H and O–H groups in total. The predicted octanol–water partition coefficient (Wildman–Crippen LogP) is 2.42. The molecule has 2 rings (SSSR count). The first-order chi connectivity index (χ1) is 11.5. The van der Waals surface area contributed by atoms with Crippen molar-refractivity contribution in [3.8, 4) is 5.75 Å². The first-order valence-corrected chi connectivity index (χ1v) is 8.85. The van der Waals surface area contributed by atoms with Crippen LogP contribution in [-0.4, -0.2) is 56.8 Å². The van der Waals surface area contributed by atoms with Crippen LogP contribution in [0.5, 0.6) is 5.75 Å². The number of nitrogens with one attached hydrogen (secondary N) is 1. The van der Waals surface area contributed by atoms with E-state index in [2.05, 4.69) is 31.0 Å². The van der Waals surface area contributed by atoms with Crippen molar-refractivity contribution in [1.82, 2.24) is 10.2 Å². The molecule has 5 heteroatoms. The third-order valence-corrected chi connectivity index (χ3v) is 3.98. The van der Waals surface area contributed by atoms with Crippen LogP contribution in [0.2, 0.25) is 0 Å². The molecule has 1 saturated heterocycles. The van der Waals surface area contributed by atoms with Gasteiger partial charge in [0, 0.05) is 31.7 Å². The highest BCUT2D eigenvalue weighted by molar-refractivity contribution is 5.94. The largest absolute Gasteiger partial charge is 0.493 e. The Labute approximate surface area is 145 Å². The number of amides is 1. The molecule has 1 amide bonds. The smallest absolute Gasteiger partial charge is 0.251 e. The molecule has 1 heterocycles. The molecule has 24 heavy (non-hydrogen) atoms. The molecule has 134 valence electrons. The molecule has 0 aliphatic carbocycles. The van der Waals surface area contributed by atoms with E-state index in [0.29, 0.717) is 30.6 Å². The van der Waals surface area contributed by atoms with E-state index in [9.17, 15) is 4.79 Å². The summed E-state index contributed by atoms with van der Waals surface area (Å²) in [5, 5.41) is 3.02. The molecule has 5 nitrogen and oxygen atoms in total. The number of hydrogen-bond donors (Lipinski definition) is 1. The van der Waals surface area contributed by atoms with Crippen LogP contribution >= 0.6 is 0 Å². The van der Waals surface area contributed by atoms with Crippen LogP contribution in [0.1, 0.15) is 31.1 Å². The first-order valence-electron chi connectivity index (χ1n) is 8.85. The van der Waals surface area contributed by atoms with Crippen LogP contribution in [0.3, 0.4) is 0 Å². The van der Waals surface area contributed by atoms with E-state index in [-0.39, 0.29) is 5.91 Å². The highest BCUT2D eigenvalue weighted by Crippen LogP contribution is 2.13. The minimum absolute atomic E-state index is 0.0285. The molecule has 0 radical (unpaired) electrons. The molecule has 0 saturated carbocycles. The minimum atomic E-state index is -0.0285. The monoisotopic (exact) mass is 334 g/mol. The van der Waals surface area contributed by atoms with E-state index in [4.69, 9.17) is 9.47 Å². The van der Waals surface area contributed by atoms with Gasteiger partial charge in [-0.3, -0.25) is 9.69 Å². The van der Waals surface area contributed by atoms with E-state index in [1.165, 1.54) is 0 Å². The number of benzene rings is 1. The lowest BCUT2D eigenvalue weighted by atomic mass is 10.1. The molecule has 1 aliphatic heterocycles. The molecule has 0 aromatic heterocycles. The van der Waals surface area contributed by atoms with E-state index < -0.39 is 0 Å². The first kappa shape index (κ1) is 18.7. The average molecular weight is 334 g/mol. The third-order valence-electron chi connectivity index (χ3n) is 3.98. The molecular weight excluding hydrogens is 304 g/mol. The average Bonchev–Trinajstić information content (AvgIpc) is 2.59. The third kappa shape index (κ3) is 6.49. The normalized spacial score (nSPS) is 16.8. The summed E-state index contributed by atoms with van der Waals surface area (Å²) >= 11 is 0. The van der Waals surface area contributed by atoms with Crippen molar-refractivity contribution in [3.05, 3.63) is 29.8 Å². The number of hydrogen-bond acceptors (Lipinski definition) is 4. The van der Waals surface area contributed by atoms with Crippen LogP contribution < -0.4 is 10.1 Å². The number of carbonyl (C=O) groups excluding carboxylic acids is 1. The summed E-state index contributed by atoms with van der Waals surface area (Å²) in [5.41, 5.74) is 0.672. The van der Waals surface area contributed by atoms with E-state index >= 15 is 0 Å². The van der Waals surface area contributed by atoms with Crippen molar-refractivity contribution in [2.24, 2.45) is 11.8 Å². The van der Waals surface area contributed by atoms with Crippen molar-refractivity contribution < 1.29 is 14.3 Å². The zero-order valence-corrected chi connectivity index (χ0v) is 15.1. The Kier molecular flexibility index (Phi) is 7.53. The van der Waals surface area contributed by atoms with Crippen molar-refractivity contribution in [3.63, 3.8) is 0 Å². The molecular formula is C19H30N2O3. The van der Waals surface area contributed by atoms with Crippen molar-refractivity contribution >= 4 is 5.91 Å². The van der Waals surface area contributed by atoms with Crippen LogP contribution in [0.15, 0.2) is 24.3 Å². The summed E-state index contributed by atoms with van der Waals surface area (Å²) in [4.78, 5) is 14.6. The second kappa shape index (κ2) is 9.64. The fourth-order valence-corrected chi connectivity index (χ4v) is 2.62. The quantitative estimate of drug-likeness (QED) is 0.793. The maximum Gasteiger partial charge on any atom is 0.251 e. The van der Waals surface area contributed by atoms with Gasteiger partial charge >= 0.3 is 0 Å². The van der Waals surface area contributed by atoms with Gasteiger partial charge in [0.1, 0.15) is 5.75 Å². The van der Waals surface area contributed by atoms with Gasteiger partial charge in [-0.15, -0.1) is 0 Å². The Morgan fingerprint density at radius 1 is 1.21 bits per heavy atom. The van der Waals surface area contributed by atoms with Crippen molar-refractivity contribution in [2.75, 3.05) is 46.0 Å². The molecule has 0 spiro atoms. The van der Waals surface area contributed by atoms with Gasteiger partial charge in [0.2, 0.25) is 0 Å². The maximum absolute atomic E-state index is 12.2. The molecule has 0 bridgehead atoms. The van der Waals surface area contributed by atoms with E-state index in [1.54, 1.807) is 0 Å². The van der Waals surface area contributed by atoms with E-state index in [0.717, 1.165) is 38.6 Å². The Bertz CT molecular complexity index is 496. The fourth-order valence-electron chi connectivity index (χ4n) is 2.62. The van der Waals surface area contributed by atoms with Gasteiger partial charge in [0.05, 0.1) is 19.8 Å². The zero-order chi connectivity index (χ0) is 17.4. The fraction of sp³-hybridized carbons (Fsp3) is 0.632. The SMILES string of the molecule is CC(C)COc1ccc(C(=O)NCC(C)CN2CCOCC2)cc1. The Morgan fingerprint density at radius 2 is 1.88 bits per heavy atom. The molecule has 1 atom stereocenters. The highest BCUT2D eigenvalue weighted by Gasteiger charge is 2.14. The molecule has 1 unspecified atom stereocenters. The molecule has 1 aromatic carbocycles. The minimum Gasteiger partial charge on any atom is -0.493 e. The number of rotatable bonds is 8. The zero-order valence-electron chi connectivity index (χ0n) is 15.1. The van der Waals surface area contributed by atoms with Crippen LogP contribution in [0.25, 0.3) is 0 Å². The van der Waals surface area contributed by atoms with Crippen LogP contribution in [0.4, 0.5) is 0 Å².